The summed E-state index contributed by atoms with van der Waals surface area (Å²) in [5, 5.41) is 21.1. The van der Waals surface area contributed by atoms with Gasteiger partial charge in [-0.3, -0.25) is 0 Å². The molecule has 0 unspecified atom stereocenters. The molecule has 2 rings (SSSR count). The number of hydrogen-bond donors (Lipinski definition) is 2. The molecule has 2 N–H and O–H groups in total. The Kier molecular flexibility index (Phi) is 5.07. The van der Waals surface area contributed by atoms with Gasteiger partial charge in [0.25, 0.3) is 0 Å². The summed E-state index contributed by atoms with van der Waals surface area (Å²) < 4.78 is 0. The summed E-state index contributed by atoms with van der Waals surface area (Å²) in [6.45, 7) is 5.05. The number of anilines is 1. The smallest absolute Gasteiger partial charge is 0.242 e. The first kappa shape index (κ1) is 14.2. The van der Waals surface area contributed by atoms with Crippen LogP contribution in [-0.2, 0) is 12.8 Å². The number of nitrogens with zero attached hydrogens (tertiary/aromatic N) is 3. The van der Waals surface area contributed by atoms with Crippen molar-refractivity contribution in [2.45, 2.75) is 58.5 Å². The SMILES string of the molecule is CCc1nnc(NCC2CCC(O)CC2)nc1CC. The number of aliphatic hydroxyl groups is 1. The molecule has 1 aromatic rings. The third-order valence-electron chi connectivity index (χ3n) is 3.87. The van der Waals surface area contributed by atoms with E-state index in [0.29, 0.717) is 11.9 Å². The molecule has 0 amide bonds. The molecule has 1 saturated carbocycles. The quantitative estimate of drug-likeness (QED) is 0.850. The summed E-state index contributed by atoms with van der Waals surface area (Å²) in [7, 11) is 0. The molecular formula is C14H24N4O. The summed E-state index contributed by atoms with van der Waals surface area (Å²) >= 11 is 0. The molecule has 0 radical (unpaired) electrons. The van der Waals surface area contributed by atoms with E-state index in [1.807, 2.05) is 0 Å². The van der Waals surface area contributed by atoms with Gasteiger partial charge in [0.2, 0.25) is 5.95 Å². The third-order valence-corrected chi connectivity index (χ3v) is 3.87. The highest BCUT2D eigenvalue weighted by Crippen LogP contribution is 2.24. The van der Waals surface area contributed by atoms with Crippen LogP contribution in [-0.4, -0.2) is 32.9 Å². The van der Waals surface area contributed by atoms with E-state index in [-0.39, 0.29) is 6.10 Å². The summed E-state index contributed by atoms with van der Waals surface area (Å²) in [4.78, 5) is 4.53. The first-order valence-corrected chi connectivity index (χ1v) is 7.37. The summed E-state index contributed by atoms with van der Waals surface area (Å²) in [5.41, 5.74) is 2.04. The van der Waals surface area contributed by atoms with Crippen LogP contribution in [0, 0.1) is 5.92 Å². The summed E-state index contributed by atoms with van der Waals surface area (Å²) in [6, 6.07) is 0. The van der Waals surface area contributed by atoms with E-state index in [0.717, 1.165) is 56.5 Å². The molecule has 1 heterocycles. The molecule has 0 atom stereocenters. The predicted molar refractivity (Wildman–Crippen MR) is 75.0 cm³/mol. The van der Waals surface area contributed by atoms with E-state index >= 15 is 0 Å². The number of aliphatic hydroxyl groups excluding tert-OH is 1. The van der Waals surface area contributed by atoms with Crippen LogP contribution in [0.25, 0.3) is 0 Å². The topological polar surface area (TPSA) is 70.9 Å². The van der Waals surface area contributed by atoms with Gasteiger partial charge in [0.1, 0.15) is 0 Å². The molecule has 19 heavy (non-hydrogen) atoms. The summed E-state index contributed by atoms with van der Waals surface area (Å²) in [5.74, 6) is 1.25. The summed E-state index contributed by atoms with van der Waals surface area (Å²) in [6.07, 6.45) is 5.67. The molecule has 1 aliphatic carbocycles. The van der Waals surface area contributed by atoms with Crippen LogP contribution in [0.5, 0.6) is 0 Å². The fourth-order valence-electron chi connectivity index (χ4n) is 2.60. The van der Waals surface area contributed by atoms with Crippen LogP contribution < -0.4 is 5.32 Å². The second kappa shape index (κ2) is 6.80. The maximum Gasteiger partial charge on any atom is 0.242 e. The highest BCUT2D eigenvalue weighted by molar-refractivity contribution is 5.25. The number of aromatic nitrogens is 3. The lowest BCUT2D eigenvalue weighted by atomic mass is 9.87. The van der Waals surface area contributed by atoms with E-state index in [4.69, 9.17) is 0 Å². The highest BCUT2D eigenvalue weighted by atomic mass is 16.3. The Morgan fingerprint density at radius 2 is 1.74 bits per heavy atom. The maximum atomic E-state index is 9.48. The van der Waals surface area contributed by atoms with Crippen LogP contribution in [0.3, 0.4) is 0 Å². The Bertz CT molecular complexity index is 402. The van der Waals surface area contributed by atoms with E-state index in [9.17, 15) is 5.11 Å². The predicted octanol–water partition coefficient (Wildman–Crippen LogP) is 1.96. The van der Waals surface area contributed by atoms with Gasteiger partial charge in [0.05, 0.1) is 17.5 Å². The maximum absolute atomic E-state index is 9.48. The van der Waals surface area contributed by atoms with Gasteiger partial charge in [0.15, 0.2) is 0 Å². The van der Waals surface area contributed by atoms with Gasteiger partial charge in [-0.05, 0) is 44.4 Å². The van der Waals surface area contributed by atoms with E-state index < -0.39 is 0 Å². The lowest BCUT2D eigenvalue weighted by Crippen LogP contribution is -2.24. The van der Waals surface area contributed by atoms with Crippen LogP contribution in [0.1, 0.15) is 50.9 Å². The van der Waals surface area contributed by atoms with E-state index in [2.05, 4.69) is 34.3 Å². The van der Waals surface area contributed by atoms with Crippen molar-refractivity contribution < 1.29 is 5.11 Å². The minimum Gasteiger partial charge on any atom is -0.393 e. The first-order valence-electron chi connectivity index (χ1n) is 7.37. The standard InChI is InChI=1S/C14H24N4O/c1-3-12-13(4-2)17-18-14(16-12)15-9-10-5-7-11(19)8-6-10/h10-11,19H,3-9H2,1-2H3,(H,15,16,18). The minimum absolute atomic E-state index is 0.0929. The number of nitrogens with one attached hydrogen (secondary N) is 1. The Morgan fingerprint density at radius 3 is 2.37 bits per heavy atom. The van der Waals surface area contributed by atoms with Crippen molar-refractivity contribution in [2.24, 2.45) is 5.92 Å². The number of aryl methyl sites for hydroxylation is 2. The number of rotatable bonds is 5. The first-order chi connectivity index (χ1) is 9.22. The lowest BCUT2D eigenvalue weighted by molar-refractivity contribution is 0.111. The normalized spacial score (nSPS) is 23.3. The fraction of sp³-hybridized carbons (Fsp3) is 0.786. The van der Waals surface area contributed by atoms with Crippen molar-refractivity contribution in [1.82, 2.24) is 15.2 Å². The Labute approximate surface area is 114 Å². The van der Waals surface area contributed by atoms with Crippen LogP contribution in [0.2, 0.25) is 0 Å². The van der Waals surface area contributed by atoms with Crippen molar-refractivity contribution in [3.63, 3.8) is 0 Å². The molecule has 0 bridgehead atoms. The molecule has 1 aliphatic rings. The zero-order valence-electron chi connectivity index (χ0n) is 11.9. The largest absolute Gasteiger partial charge is 0.393 e. The molecule has 1 aromatic heterocycles. The van der Waals surface area contributed by atoms with Gasteiger partial charge < -0.3 is 10.4 Å². The molecule has 106 valence electrons. The van der Waals surface area contributed by atoms with Gasteiger partial charge >= 0.3 is 0 Å². The second-order valence-electron chi connectivity index (χ2n) is 5.29. The van der Waals surface area contributed by atoms with E-state index in [1.54, 1.807) is 0 Å². The van der Waals surface area contributed by atoms with Crippen molar-refractivity contribution >= 4 is 5.95 Å². The average Bonchev–Trinajstić information content (AvgIpc) is 2.46. The molecule has 5 heteroatoms. The zero-order valence-corrected chi connectivity index (χ0v) is 11.9. The Balaban J connectivity index is 1.89. The molecule has 0 aliphatic heterocycles. The van der Waals surface area contributed by atoms with Gasteiger partial charge in [-0.25, -0.2) is 4.98 Å². The fourth-order valence-corrected chi connectivity index (χ4v) is 2.60. The zero-order chi connectivity index (χ0) is 13.7. The van der Waals surface area contributed by atoms with E-state index in [1.165, 1.54) is 0 Å². The molecule has 5 nitrogen and oxygen atoms in total. The van der Waals surface area contributed by atoms with Crippen LogP contribution in [0.4, 0.5) is 5.95 Å². The minimum atomic E-state index is -0.0929. The van der Waals surface area contributed by atoms with Crippen LogP contribution in [0.15, 0.2) is 0 Å². The average molecular weight is 264 g/mol. The molecule has 0 aromatic carbocycles. The highest BCUT2D eigenvalue weighted by Gasteiger charge is 2.19. The lowest BCUT2D eigenvalue weighted by Gasteiger charge is -2.25. The second-order valence-corrected chi connectivity index (χ2v) is 5.29. The van der Waals surface area contributed by atoms with Gasteiger partial charge in [0, 0.05) is 6.54 Å². The molecule has 0 saturated heterocycles. The van der Waals surface area contributed by atoms with Gasteiger partial charge in [-0.1, -0.05) is 13.8 Å². The van der Waals surface area contributed by atoms with Crippen molar-refractivity contribution in [3.05, 3.63) is 11.4 Å². The number of hydrogen-bond acceptors (Lipinski definition) is 5. The molecular weight excluding hydrogens is 240 g/mol. The molecule has 0 spiro atoms. The molecule has 1 fully saturated rings. The monoisotopic (exact) mass is 264 g/mol. The Morgan fingerprint density at radius 1 is 1.05 bits per heavy atom. The van der Waals surface area contributed by atoms with Crippen molar-refractivity contribution in [3.8, 4) is 0 Å². The van der Waals surface area contributed by atoms with Crippen molar-refractivity contribution in [2.75, 3.05) is 11.9 Å². The Hall–Kier alpha value is -1.23. The van der Waals surface area contributed by atoms with Gasteiger partial charge in [-0.2, -0.15) is 5.10 Å². The van der Waals surface area contributed by atoms with Gasteiger partial charge in [-0.15, -0.1) is 5.10 Å². The van der Waals surface area contributed by atoms with Crippen molar-refractivity contribution in [1.29, 1.82) is 0 Å². The van der Waals surface area contributed by atoms with Crippen LogP contribution >= 0.6 is 0 Å². The third kappa shape index (κ3) is 3.86.